The fourth-order valence-corrected chi connectivity index (χ4v) is 9.32. The number of benzene rings is 1. The number of aliphatic hydroxyl groups is 1. The fraction of sp³-hybridized carbons (Fsp3) is 0.689. The predicted octanol–water partition coefficient (Wildman–Crippen LogP) is 5.71. The number of carbonyl (C=O) groups excluding carboxylic acids is 5. The van der Waals surface area contributed by atoms with Crippen LogP contribution in [0.4, 0.5) is 0 Å². The average molecular weight is 881 g/mol. The van der Waals surface area contributed by atoms with Gasteiger partial charge in [0.05, 0.1) is 24.3 Å². The van der Waals surface area contributed by atoms with Crippen LogP contribution in [0.1, 0.15) is 99.0 Å². The van der Waals surface area contributed by atoms with Crippen molar-refractivity contribution in [1.29, 1.82) is 0 Å². The van der Waals surface area contributed by atoms with Crippen molar-refractivity contribution < 1.29 is 38.6 Å². The van der Waals surface area contributed by atoms with Gasteiger partial charge in [0.25, 0.3) is 0 Å². The second kappa shape index (κ2) is 22.7. The van der Waals surface area contributed by atoms with Gasteiger partial charge in [0.1, 0.15) is 36.0 Å². The smallest absolute Gasteiger partial charge is 0.329 e. The van der Waals surface area contributed by atoms with Crippen LogP contribution in [0.5, 0.6) is 5.75 Å². The molecule has 1 aromatic rings. The quantitative estimate of drug-likeness (QED) is 0.108. The second-order valence-corrected chi connectivity index (χ2v) is 19.3. The Morgan fingerprint density at radius 1 is 1.02 bits per heavy atom. The van der Waals surface area contributed by atoms with E-state index in [0.717, 1.165) is 10.6 Å². The number of unbranched alkanes of at least 4 members (excludes halogenated alkanes) is 1. The van der Waals surface area contributed by atoms with Gasteiger partial charge in [-0.1, -0.05) is 64.4 Å². The summed E-state index contributed by atoms with van der Waals surface area (Å²) in [5, 5.41) is 18.8. The Balaban J connectivity index is 1.74. The predicted molar refractivity (Wildman–Crippen MR) is 240 cm³/mol. The highest BCUT2D eigenvalue weighted by molar-refractivity contribution is 8.14. The molecule has 2 N–H and O–H groups in total. The summed E-state index contributed by atoms with van der Waals surface area (Å²) in [7, 11) is 4.58. The number of nitrogens with zero attached hydrogens (tertiary/aromatic N) is 7. The van der Waals surface area contributed by atoms with Gasteiger partial charge in [0.2, 0.25) is 23.6 Å². The van der Waals surface area contributed by atoms with Gasteiger partial charge in [-0.05, 0) is 86.9 Å². The van der Waals surface area contributed by atoms with E-state index in [-0.39, 0.29) is 37.3 Å². The SMILES string of the molecule is COc1ccc(C[C@@H]2NC(=O)/C(C)=C/[C@H]3CSC(=N3)[C@@H](C)[C@@H](O)C[C@H](C)CC(C(C)(C)C)OC(=O)[C@@H]3CCCN3C(=O)C(CCCCN=[N+]=[N-])N(C)C(=O)[C@H](C)N(C)C2=O)cc1. The fourth-order valence-electron chi connectivity index (χ4n) is 8.18. The van der Waals surface area contributed by atoms with E-state index in [1.165, 1.54) is 28.8 Å². The van der Waals surface area contributed by atoms with Crippen molar-refractivity contribution in [3.05, 3.63) is 51.9 Å². The third-order valence-corrected chi connectivity index (χ3v) is 13.7. The maximum absolute atomic E-state index is 14.6. The molecule has 3 aliphatic rings. The Labute approximate surface area is 371 Å². The molecule has 0 spiro atoms. The van der Waals surface area contributed by atoms with Gasteiger partial charge in [0, 0.05) is 55.8 Å². The number of aliphatic imine (C=N–C) groups is 1. The normalized spacial score (nSPS) is 30.0. The molecule has 3 heterocycles. The standard InChI is InChI=1S/C45H68N8O8S/c1-27-22-37(54)29(3)40-48-32(26-62-40)24-28(2)39(55)49-34(25-31-16-18-33(60-10)19-17-31)42(57)51(8)30(4)41(56)52(9)35(14-11-12-20-47-50-46)43(58)53-21-13-15-36(53)44(59)61-38(23-27)45(5,6)7/h16-19,24,27,29-30,32,34-38,54H,11-15,20-23,25-26H2,1-10H3,(H,49,55)/b28-24+/t27-,29-,30-,32-,34-,35?,36-,37-,38?/m0/s1. The van der Waals surface area contributed by atoms with Gasteiger partial charge in [-0.2, -0.15) is 0 Å². The van der Waals surface area contributed by atoms with Crippen molar-refractivity contribution in [1.82, 2.24) is 20.0 Å². The Morgan fingerprint density at radius 2 is 1.71 bits per heavy atom. The van der Waals surface area contributed by atoms with E-state index in [1.807, 2.05) is 46.8 Å². The molecule has 4 amide bonds. The van der Waals surface area contributed by atoms with Gasteiger partial charge in [-0.3, -0.25) is 24.2 Å². The minimum Gasteiger partial charge on any atom is -0.497 e. The number of methoxy groups -OCH3 is 1. The van der Waals surface area contributed by atoms with Gasteiger partial charge in [0.15, 0.2) is 0 Å². The third-order valence-electron chi connectivity index (χ3n) is 12.4. The summed E-state index contributed by atoms with van der Waals surface area (Å²) in [6, 6.07) is 2.85. The van der Waals surface area contributed by atoms with Crippen molar-refractivity contribution in [3.8, 4) is 5.75 Å². The maximum Gasteiger partial charge on any atom is 0.329 e. The lowest BCUT2D eigenvalue weighted by Gasteiger charge is -2.37. The van der Waals surface area contributed by atoms with Crippen molar-refractivity contribution in [2.75, 3.05) is 40.0 Å². The van der Waals surface area contributed by atoms with Crippen molar-refractivity contribution in [3.63, 3.8) is 0 Å². The molecule has 1 fully saturated rings. The van der Waals surface area contributed by atoms with Crippen LogP contribution in [0.3, 0.4) is 0 Å². The van der Waals surface area contributed by atoms with E-state index in [0.29, 0.717) is 62.1 Å². The molecule has 62 heavy (non-hydrogen) atoms. The van der Waals surface area contributed by atoms with Gasteiger partial charge in [-0.15, -0.1) is 11.8 Å². The maximum atomic E-state index is 14.6. The molecule has 2 unspecified atom stereocenters. The lowest BCUT2D eigenvalue weighted by atomic mass is 9.81. The number of ether oxygens (including phenoxy) is 2. The van der Waals surface area contributed by atoms with Crippen molar-refractivity contribution >= 4 is 46.4 Å². The highest BCUT2D eigenvalue weighted by Crippen LogP contribution is 2.34. The summed E-state index contributed by atoms with van der Waals surface area (Å²) in [6.07, 6.45) is 3.72. The Bertz CT molecular complexity index is 1860. The first-order chi connectivity index (χ1) is 29.3. The topological polar surface area (TPSA) is 207 Å². The molecule has 3 aliphatic heterocycles. The Kier molecular flexibility index (Phi) is 18.3. The van der Waals surface area contributed by atoms with E-state index < -0.39 is 71.4 Å². The van der Waals surface area contributed by atoms with E-state index in [9.17, 15) is 29.1 Å². The zero-order valence-corrected chi connectivity index (χ0v) is 39.0. The summed E-state index contributed by atoms with van der Waals surface area (Å²) >= 11 is 1.55. The molecule has 1 aromatic carbocycles. The number of amides is 4. The largest absolute Gasteiger partial charge is 0.497 e. The number of cyclic esters (lactones) is 1. The molecular weight excluding hydrogens is 813 g/mol. The van der Waals surface area contributed by atoms with Crippen molar-refractivity contribution in [2.24, 2.45) is 27.4 Å². The number of nitrogens with one attached hydrogen (secondary N) is 1. The van der Waals surface area contributed by atoms with E-state index in [4.69, 9.17) is 20.0 Å². The molecule has 0 aliphatic carbocycles. The van der Waals surface area contributed by atoms with Crippen LogP contribution in [-0.4, -0.2) is 137 Å². The monoisotopic (exact) mass is 880 g/mol. The molecular formula is C45H68N8O8S. The number of likely N-dealkylation sites (N-methyl/N-ethyl adjacent to an activating group) is 2. The van der Waals surface area contributed by atoms with Crippen LogP contribution in [0, 0.1) is 17.3 Å². The summed E-state index contributed by atoms with van der Waals surface area (Å²) < 4.78 is 11.6. The van der Waals surface area contributed by atoms with Crippen LogP contribution in [0.25, 0.3) is 10.4 Å². The summed E-state index contributed by atoms with van der Waals surface area (Å²) in [4.78, 5) is 83.2. The summed E-state index contributed by atoms with van der Waals surface area (Å²) in [5.74, 6) is -1.47. The number of fused-ring (bicyclic) bond motifs is 2. The lowest BCUT2D eigenvalue weighted by Crippen LogP contribution is -2.58. The van der Waals surface area contributed by atoms with Crippen LogP contribution < -0.4 is 10.1 Å². The zero-order valence-electron chi connectivity index (χ0n) is 38.2. The van der Waals surface area contributed by atoms with E-state index in [2.05, 4.69) is 15.3 Å². The van der Waals surface area contributed by atoms with Gasteiger partial charge < -0.3 is 34.6 Å². The summed E-state index contributed by atoms with van der Waals surface area (Å²) in [5.41, 5.74) is 9.50. The van der Waals surface area contributed by atoms with Crippen LogP contribution >= 0.6 is 11.8 Å². The Hall–Kier alpha value is -4.60. The minimum absolute atomic E-state index is 0.0306. The van der Waals surface area contributed by atoms with E-state index in [1.54, 1.807) is 50.9 Å². The van der Waals surface area contributed by atoms with Crippen LogP contribution in [-0.2, 0) is 35.1 Å². The van der Waals surface area contributed by atoms with Gasteiger partial charge >= 0.3 is 5.97 Å². The number of rotatable bonds is 8. The highest BCUT2D eigenvalue weighted by Gasteiger charge is 2.43. The lowest BCUT2D eigenvalue weighted by molar-refractivity contribution is -0.165. The molecule has 1 saturated heterocycles. The number of esters is 1. The summed E-state index contributed by atoms with van der Waals surface area (Å²) in [6.45, 7) is 13.7. The molecule has 2 bridgehead atoms. The van der Waals surface area contributed by atoms with E-state index >= 15 is 0 Å². The van der Waals surface area contributed by atoms with Gasteiger partial charge in [-0.25, -0.2) is 4.79 Å². The molecule has 0 aromatic heterocycles. The number of hydrogen-bond donors (Lipinski definition) is 2. The Morgan fingerprint density at radius 3 is 2.35 bits per heavy atom. The first-order valence-electron chi connectivity index (χ1n) is 21.8. The molecule has 4 rings (SSSR count). The van der Waals surface area contributed by atoms with Crippen LogP contribution in [0.2, 0.25) is 0 Å². The second-order valence-electron chi connectivity index (χ2n) is 18.2. The molecule has 16 nitrogen and oxygen atoms in total. The third kappa shape index (κ3) is 13.2. The highest BCUT2D eigenvalue weighted by atomic mass is 32.2. The first kappa shape index (κ1) is 50.0. The number of hydrogen-bond acceptors (Lipinski definition) is 11. The first-order valence-corrected chi connectivity index (χ1v) is 22.8. The number of azide groups is 1. The average Bonchev–Trinajstić information content (AvgIpc) is 3.93. The van der Waals surface area contributed by atoms with Crippen LogP contribution in [0.15, 0.2) is 46.0 Å². The molecule has 17 heteroatoms. The molecule has 0 radical (unpaired) electrons. The minimum atomic E-state index is -1.07. The number of aliphatic hydroxyl groups excluding tert-OH is 1. The molecule has 0 saturated carbocycles. The molecule has 342 valence electrons. The number of carbonyl (C=O) groups is 5. The zero-order chi connectivity index (χ0) is 45.9. The van der Waals surface area contributed by atoms with Crippen molar-refractivity contribution in [2.45, 2.75) is 142 Å². The number of thioether (sulfide) groups is 1. The molecule has 9 atom stereocenters.